The van der Waals surface area contributed by atoms with E-state index in [-0.39, 0.29) is 5.91 Å². The SMILES string of the molecule is Cc1cnn(CCC(=O)Nc2c(C)nn(Cc3ccc(Cl)cc3)c2C)c1. The van der Waals surface area contributed by atoms with Crippen LogP contribution < -0.4 is 5.32 Å². The van der Waals surface area contributed by atoms with Gasteiger partial charge in [0.15, 0.2) is 0 Å². The Labute approximate surface area is 157 Å². The van der Waals surface area contributed by atoms with Crippen molar-refractivity contribution in [3.63, 3.8) is 0 Å². The first-order chi connectivity index (χ1) is 12.4. The molecular weight excluding hydrogens is 350 g/mol. The lowest BCUT2D eigenvalue weighted by molar-refractivity contribution is -0.116. The van der Waals surface area contributed by atoms with Gasteiger partial charge in [-0.2, -0.15) is 10.2 Å². The molecule has 1 amide bonds. The highest BCUT2D eigenvalue weighted by Gasteiger charge is 2.14. The van der Waals surface area contributed by atoms with Crippen molar-refractivity contribution >= 4 is 23.2 Å². The van der Waals surface area contributed by atoms with E-state index < -0.39 is 0 Å². The summed E-state index contributed by atoms with van der Waals surface area (Å²) >= 11 is 5.93. The van der Waals surface area contributed by atoms with Crippen molar-refractivity contribution in [3.05, 3.63) is 64.2 Å². The van der Waals surface area contributed by atoms with E-state index in [9.17, 15) is 4.79 Å². The number of halogens is 1. The molecule has 0 fully saturated rings. The van der Waals surface area contributed by atoms with Crippen molar-refractivity contribution in [1.29, 1.82) is 0 Å². The van der Waals surface area contributed by atoms with Crippen molar-refractivity contribution in [3.8, 4) is 0 Å². The van der Waals surface area contributed by atoms with Gasteiger partial charge in [0, 0.05) is 24.2 Å². The largest absolute Gasteiger partial charge is 0.323 e. The number of amides is 1. The van der Waals surface area contributed by atoms with Gasteiger partial charge in [0.05, 0.1) is 29.8 Å². The smallest absolute Gasteiger partial charge is 0.226 e. The molecule has 0 unspecified atom stereocenters. The average Bonchev–Trinajstić information content (AvgIpc) is 3.13. The quantitative estimate of drug-likeness (QED) is 0.717. The van der Waals surface area contributed by atoms with Gasteiger partial charge in [-0.3, -0.25) is 14.2 Å². The van der Waals surface area contributed by atoms with E-state index in [0.29, 0.717) is 24.5 Å². The summed E-state index contributed by atoms with van der Waals surface area (Å²) in [6.07, 6.45) is 4.07. The fraction of sp³-hybridized carbons (Fsp3) is 0.316. The average molecular weight is 372 g/mol. The summed E-state index contributed by atoms with van der Waals surface area (Å²) in [6, 6.07) is 7.68. The van der Waals surface area contributed by atoms with E-state index in [0.717, 1.165) is 28.2 Å². The second kappa shape index (κ2) is 7.74. The molecule has 3 aromatic rings. The van der Waals surface area contributed by atoms with Gasteiger partial charge in [0.25, 0.3) is 0 Å². The Morgan fingerprint density at radius 1 is 1.19 bits per heavy atom. The molecule has 0 bridgehead atoms. The number of carbonyl (C=O) groups excluding carboxylic acids is 1. The number of nitrogens with zero attached hydrogens (tertiary/aromatic N) is 4. The van der Waals surface area contributed by atoms with E-state index in [1.165, 1.54) is 0 Å². The maximum absolute atomic E-state index is 12.3. The van der Waals surface area contributed by atoms with Gasteiger partial charge in [0.2, 0.25) is 5.91 Å². The highest BCUT2D eigenvalue weighted by molar-refractivity contribution is 6.30. The minimum Gasteiger partial charge on any atom is -0.323 e. The number of hydrogen-bond donors (Lipinski definition) is 1. The molecule has 1 aromatic carbocycles. The van der Waals surface area contributed by atoms with Crippen molar-refractivity contribution in [2.75, 3.05) is 5.32 Å². The Kier molecular flexibility index (Phi) is 5.42. The van der Waals surface area contributed by atoms with Gasteiger partial charge in [-0.1, -0.05) is 23.7 Å². The van der Waals surface area contributed by atoms with E-state index in [4.69, 9.17) is 11.6 Å². The molecular formula is C19H22ClN5O. The Balaban J connectivity index is 1.65. The van der Waals surface area contributed by atoms with Gasteiger partial charge >= 0.3 is 0 Å². The lowest BCUT2D eigenvalue weighted by Crippen LogP contribution is -2.15. The van der Waals surface area contributed by atoms with Gasteiger partial charge < -0.3 is 5.32 Å². The van der Waals surface area contributed by atoms with Gasteiger partial charge in [-0.25, -0.2) is 0 Å². The van der Waals surface area contributed by atoms with Crippen molar-refractivity contribution in [2.24, 2.45) is 0 Å². The van der Waals surface area contributed by atoms with Crippen LogP contribution in [0, 0.1) is 20.8 Å². The zero-order valence-corrected chi connectivity index (χ0v) is 15.9. The molecule has 0 aliphatic heterocycles. The third kappa shape index (κ3) is 4.32. The highest BCUT2D eigenvalue weighted by Crippen LogP contribution is 2.21. The number of aryl methyl sites for hydroxylation is 3. The minimum absolute atomic E-state index is 0.0459. The molecule has 1 N–H and O–H groups in total. The Hall–Kier alpha value is -2.60. The molecule has 0 saturated carbocycles. The fourth-order valence-corrected chi connectivity index (χ4v) is 2.93. The van der Waals surface area contributed by atoms with Crippen molar-refractivity contribution < 1.29 is 4.79 Å². The molecule has 0 radical (unpaired) electrons. The van der Waals surface area contributed by atoms with Crippen LogP contribution in [0.4, 0.5) is 5.69 Å². The van der Waals surface area contributed by atoms with Crippen molar-refractivity contribution in [1.82, 2.24) is 19.6 Å². The second-order valence-electron chi connectivity index (χ2n) is 6.41. The molecule has 3 rings (SSSR count). The molecule has 2 aromatic heterocycles. The Morgan fingerprint density at radius 3 is 2.58 bits per heavy atom. The Morgan fingerprint density at radius 2 is 1.92 bits per heavy atom. The minimum atomic E-state index is -0.0459. The maximum atomic E-state index is 12.3. The first-order valence-corrected chi connectivity index (χ1v) is 8.87. The third-order valence-corrected chi connectivity index (χ3v) is 4.47. The zero-order valence-electron chi connectivity index (χ0n) is 15.2. The van der Waals surface area contributed by atoms with Gasteiger partial charge in [-0.05, 0) is 44.0 Å². The summed E-state index contributed by atoms with van der Waals surface area (Å²) in [5, 5.41) is 12.4. The van der Waals surface area contributed by atoms with E-state index in [1.54, 1.807) is 10.9 Å². The van der Waals surface area contributed by atoms with Crippen LogP contribution in [0.2, 0.25) is 5.02 Å². The van der Waals surface area contributed by atoms with E-state index in [1.807, 2.05) is 55.9 Å². The Bertz CT molecular complexity index is 911. The highest BCUT2D eigenvalue weighted by atomic mass is 35.5. The number of nitrogens with one attached hydrogen (secondary N) is 1. The van der Waals surface area contributed by atoms with Gasteiger partial charge in [0.1, 0.15) is 0 Å². The summed E-state index contributed by atoms with van der Waals surface area (Å²) in [5.41, 5.74) is 4.70. The molecule has 136 valence electrons. The monoisotopic (exact) mass is 371 g/mol. The lowest BCUT2D eigenvalue weighted by Gasteiger charge is -2.08. The first-order valence-electron chi connectivity index (χ1n) is 8.49. The zero-order chi connectivity index (χ0) is 18.7. The van der Waals surface area contributed by atoms with Crippen LogP contribution >= 0.6 is 11.6 Å². The molecule has 2 heterocycles. The number of anilines is 1. The summed E-state index contributed by atoms with van der Waals surface area (Å²) in [6.45, 7) is 7.02. The number of hydrogen-bond acceptors (Lipinski definition) is 3. The number of aromatic nitrogens is 4. The van der Waals surface area contributed by atoms with E-state index >= 15 is 0 Å². The molecule has 0 spiro atoms. The molecule has 26 heavy (non-hydrogen) atoms. The van der Waals surface area contributed by atoms with Crippen molar-refractivity contribution in [2.45, 2.75) is 40.3 Å². The first kappa shape index (κ1) is 18.2. The summed E-state index contributed by atoms with van der Waals surface area (Å²) in [4.78, 5) is 12.3. The number of rotatable bonds is 6. The topological polar surface area (TPSA) is 64.7 Å². The maximum Gasteiger partial charge on any atom is 0.226 e. The van der Waals surface area contributed by atoms with Crippen LogP contribution in [0.5, 0.6) is 0 Å². The van der Waals surface area contributed by atoms with Gasteiger partial charge in [-0.15, -0.1) is 0 Å². The number of carbonyl (C=O) groups is 1. The molecule has 7 heteroatoms. The standard InChI is InChI=1S/C19H22ClN5O/c1-13-10-21-24(11-13)9-8-18(26)22-19-14(2)23-25(15(19)3)12-16-4-6-17(20)7-5-16/h4-7,10-11H,8-9,12H2,1-3H3,(H,22,26). The van der Waals surface area contributed by atoms with E-state index in [2.05, 4.69) is 15.5 Å². The number of benzene rings is 1. The molecule has 6 nitrogen and oxygen atoms in total. The second-order valence-corrected chi connectivity index (χ2v) is 6.85. The normalized spacial score (nSPS) is 10.9. The van der Waals surface area contributed by atoms with Crippen LogP contribution in [0.3, 0.4) is 0 Å². The molecule has 0 atom stereocenters. The molecule has 0 saturated heterocycles. The summed E-state index contributed by atoms with van der Waals surface area (Å²) in [5.74, 6) is -0.0459. The predicted molar refractivity (Wildman–Crippen MR) is 102 cm³/mol. The van der Waals surface area contributed by atoms with Crippen LogP contribution in [-0.2, 0) is 17.9 Å². The predicted octanol–water partition coefficient (Wildman–Crippen LogP) is 3.74. The summed E-state index contributed by atoms with van der Waals surface area (Å²) < 4.78 is 3.67. The third-order valence-electron chi connectivity index (χ3n) is 4.22. The van der Waals surface area contributed by atoms with Crippen LogP contribution in [-0.4, -0.2) is 25.5 Å². The molecule has 0 aliphatic carbocycles. The molecule has 0 aliphatic rings. The lowest BCUT2D eigenvalue weighted by atomic mass is 10.2. The van der Waals surface area contributed by atoms with Crippen LogP contribution in [0.25, 0.3) is 0 Å². The summed E-state index contributed by atoms with van der Waals surface area (Å²) in [7, 11) is 0. The fourth-order valence-electron chi connectivity index (χ4n) is 2.80. The van der Waals surface area contributed by atoms with Crippen LogP contribution in [0.15, 0.2) is 36.7 Å². The van der Waals surface area contributed by atoms with Crippen LogP contribution in [0.1, 0.15) is 28.9 Å².